The molecule has 4 nitrogen and oxygen atoms in total. The first-order valence-electron chi connectivity index (χ1n) is 8.90. The molecule has 1 aromatic rings. The van der Waals surface area contributed by atoms with Gasteiger partial charge in [-0.25, -0.2) is 0 Å². The largest absolute Gasteiger partial charge is 0.416 e. The van der Waals surface area contributed by atoms with Gasteiger partial charge in [-0.3, -0.25) is 4.99 Å². The van der Waals surface area contributed by atoms with Gasteiger partial charge in [0.15, 0.2) is 5.96 Å². The van der Waals surface area contributed by atoms with E-state index in [1.807, 2.05) is 0 Å². The summed E-state index contributed by atoms with van der Waals surface area (Å²) in [6.45, 7) is 9.84. The maximum absolute atomic E-state index is 12.6. The topological polar surface area (TPSA) is 22.1 Å². The highest BCUT2D eigenvalue weighted by molar-refractivity contribution is 5.81. The van der Waals surface area contributed by atoms with Crippen molar-refractivity contribution in [2.24, 2.45) is 4.99 Å². The van der Waals surface area contributed by atoms with Gasteiger partial charge in [0.2, 0.25) is 0 Å². The summed E-state index contributed by atoms with van der Waals surface area (Å²) in [7, 11) is 0. The molecule has 138 valence electrons. The van der Waals surface area contributed by atoms with E-state index in [1.54, 1.807) is 12.1 Å². The molecule has 1 saturated heterocycles. The van der Waals surface area contributed by atoms with Crippen LogP contribution >= 0.6 is 0 Å². The fourth-order valence-electron chi connectivity index (χ4n) is 3.37. The van der Waals surface area contributed by atoms with Crippen LogP contribution in [0.4, 0.5) is 13.2 Å². The van der Waals surface area contributed by atoms with Gasteiger partial charge in [0.1, 0.15) is 0 Å². The number of hydrogen-bond acceptors (Lipinski definition) is 4. The fourth-order valence-corrected chi connectivity index (χ4v) is 3.37. The van der Waals surface area contributed by atoms with Crippen molar-refractivity contribution in [1.82, 2.24) is 14.7 Å². The van der Waals surface area contributed by atoms with Crippen molar-refractivity contribution >= 4 is 5.96 Å². The standard InChI is InChI=1S/C18H25F3N4/c1-2-23-11-13-25(14-12-23)17-22-8-10-24(17)9-7-15-3-5-16(6-4-15)18(19,20)21/h3-6H,2,7-14H2,1H3. The van der Waals surface area contributed by atoms with Crippen LogP contribution in [-0.4, -0.2) is 73.0 Å². The number of rotatable bonds is 4. The summed E-state index contributed by atoms with van der Waals surface area (Å²) in [5, 5.41) is 0. The number of halogens is 3. The van der Waals surface area contributed by atoms with Crippen molar-refractivity contribution in [1.29, 1.82) is 0 Å². The average Bonchev–Trinajstić information content (AvgIpc) is 3.08. The fraction of sp³-hybridized carbons (Fsp3) is 0.611. The van der Waals surface area contributed by atoms with Crippen LogP contribution in [0.3, 0.4) is 0 Å². The molecule has 0 bridgehead atoms. The van der Waals surface area contributed by atoms with Crippen molar-refractivity contribution in [2.75, 3.05) is 52.4 Å². The second kappa shape index (κ2) is 7.64. The van der Waals surface area contributed by atoms with E-state index in [0.29, 0.717) is 0 Å². The Kier molecular flexibility index (Phi) is 5.51. The summed E-state index contributed by atoms with van der Waals surface area (Å²) in [6.07, 6.45) is -3.54. The zero-order valence-electron chi connectivity index (χ0n) is 14.6. The first-order chi connectivity index (χ1) is 12.0. The molecule has 7 heteroatoms. The van der Waals surface area contributed by atoms with Crippen LogP contribution in [0.1, 0.15) is 18.1 Å². The van der Waals surface area contributed by atoms with Crippen LogP contribution in [-0.2, 0) is 12.6 Å². The molecular weight excluding hydrogens is 329 g/mol. The highest BCUT2D eigenvalue weighted by atomic mass is 19.4. The lowest BCUT2D eigenvalue weighted by molar-refractivity contribution is -0.137. The molecule has 0 radical (unpaired) electrons. The van der Waals surface area contributed by atoms with E-state index in [4.69, 9.17) is 0 Å². The van der Waals surface area contributed by atoms with Gasteiger partial charge < -0.3 is 14.7 Å². The van der Waals surface area contributed by atoms with E-state index in [0.717, 1.165) is 82.4 Å². The van der Waals surface area contributed by atoms with Gasteiger partial charge in [0.25, 0.3) is 0 Å². The van der Waals surface area contributed by atoms with Gasteiger partial charge in [-0.05, 0) is 30.7 Å². The van der Waals surface area contributed by atoms with Gasteiger partial charge >= 0.3 is 6.18 Å². The smallest absolute Gasteiger partial charge is 0.341 e. The minimum absolute atomic E-state index is 0.589. The molecule has 0 aromatic heterocycles. The van der Waals surface area contributed by atoms with E-state index in [1.165, 1.54) is 0 Å². The Morgan fingerprint density at radius 3 is 2.28 bits per heavy atom. The van der Waals surface area contributed by atoms with Crippen LogP contribution in [0.25, 0.3) is 0 Å². The molecule has 0 spiro atoms. The van der Waals surface area contributed by atoms with Gasteiger partial charge in [0, 0.05) is 39.3 Å². The molecule has 0 unspecified atom stereocenters. The Labute approximate surface area is 146 Å². The zero-order chi connectivity index (χ0) is 17.9. The molecule has 0 aliphatic carbocycles. The van der Waals surface area contributed by atoms with Crippen molar-refractivity contribution in [2.45, 2.75) is 19.5 Å². The Bertz CT molecular complexity index is 589. The molecule has 3 rings (SSSR count). The zero-order valence-corrected chi connectivity index (χ0v) is 14.6. The van der Waals surface area contributed by atoms with Gasteiger partial charge in [-0.1, -0.05) is 19.1 Å². The number of piperazine rings is 1. The molecular formula is C18H25F3N4. The highest BCUT2D eigenvalue weighted by Crippen LogP contribution is 2.29. The third-order valence-corrected chi connectivity index (χ3v) is 4.96. The molecule has 0 amide bonds. The summed E-state index contributed by atoms with van der Waals surface area (Å²) in [5.41, 5.74) is 0.337. The van der Waals surface area contributed by atoms with Crippen LogP contribution in [0.2, 0.25) is 0 Å². The summed E-state index contributed by atoms with van der Waals surface area (Å²) >= 11 is 0. The average molecular weight is 354 g/mol. The predicted molar refractivity (Wildman–Crippen MR) is 92.7 cm³/mol. The first-order valence-corrected chi connectivity index (χ1v) is 8.90. The number of benzene rings is 1. The molecule has 1 fully saturated rings. The van der Waals surface area contributed by atoms with E-state index in [-0.39, 0.29) is 0 Å². The second-order valence-corrected chi connectivity index (χ2v) is 6.53. The summed E-state index contributed by atoms with van der Waals surface area (Å²) in [6, 6.07) is 5.49. The Balaban J connectivity index is 1.53. The molecule has 0 atom stereocenters. The monoisotopic (exact) mass is 354 g/mol. The van der Waals surface area contributed by atoms with Crippen molar-refractivity contribution in [3.63, 3.8) is 0 Å². The molecule has 2 heterocycles. The number of alkyl halides is 3. The Morgan fingerprint density at radius 1 is 1.00 bits per heavy atom. The van der Waals surface area contributed by atoms with E-state index in [2.05, 4.69) is 26.6 Å². The summed E-state index contributed by atoms with van der Waals surface area (Å²) in [5.74, 6) is 1.06. The molecule has 0 N–H and O–H groups in total. The van der Waals surface area contributed by atoms with E-state index in [9.17, 15) is 13.2 Å². The van der Waals surface area contributed by atoms with Crippen LogP contribution in [0, 0.1) is 0 Å². The van der Waals surface area contributed by atoms with Gasteiger partial charge in [0.05, 0.1) is 12.1 Å². The Morgan fingerprint density at radius 2 is 1.68 bits per heavy atom. The quantitative estimate of drug-likeness (QED) is 0.830. The normalized spacial score (nSPS) is 19.4. The predicted octanol–water partition coefficient (Wildman–Crippen LogP) is 2.56. The molecule has 1 aromatic carbocycles. The highest BCUT2D eigenvalue weighted by Gasteiger charge is 2.30. The molecule has 25 heavy (non-hydrogen) atoms. The van der Waals surface area contributed by atoms with Gasteiger partial charge in [-0.2, -0.15) is 13.2 Å². The number of likely N-dealkylation sites (N-methyl/N-ethyl adjacent to an activating group) is 1. The van der Waals surface area contributed by atoms with Crippen molar-refractivity contribution in [3.05, 3.63) is 35.4 Å². The van der Waals surface area contributed by atoms with Crippen molar-refractivity contribution < 1.29 is 13.2 Å². The van der Waals surface area contributed by atoms with Crippen LogP contribution in [0.15, 0.2) is 29.3 Å². The van der Waals surface area contributed by atoms with E-state index >= 15 is 0 Å². The van der Waals surface area contributed by atoms with Crippen molar-refractivity contribution in [3.8, 4) is 0 Å². The van der Waals surface area contributed by atoms with Crippen LogP contribution < -0.4 is 0 Å². The van der Waals surface area contributed by atoms with Crippen LogP contribution in [0.5, 0.6) is 0 Å². The summed E-state index contributed by atoms with van der Waals surface area (Å²) < 4.78 is 37.9. The SMILES string of the molecule is CCN1CCN(C2=NCCN2CCc2ccc(C(F)(F)F)cc2)CC1. The molecule has 0 saturated carbocycles. The maximum atomic E-state index is 12.6. The maximum Gasteiger partial charge on any atom is 0.416 e. The lowest BCUT2D eigenvalue weighted by atomic mass is 10.1. The third-order valence-electron chi connectivity index (χ3n) is 4.96. The Hall–Kier alpha value is -1.76. The minimum atomic E-state index is -4.27. The second-order valence-electron chi connectivity index (χ2n) is 6.53. The number of guanidine groups is 1. The minimum Gasteiger partial charge on any atom is -0.341 e. The lowest BCUT2D eigenvalue weighted by Gasteiger charge is -2.38. The number of aliphatic imine (C=N–C) groups is 1. The number of hydrogen-bond donors (Lipinski definition) is 0. The molecule has 2 aliphatic heterocycles. The van der Waals surface area contributed by atoms with Gasteiger partial charge in [-0.15, -0.1) is 0 Å². The summed E-state index contributed by atoms with van der Waals surface area (Å²) in [4.78, 5) is 11.7. The third kappa shape index (κ3) is 4.45. The first kappa shape index (κ1) is 18.0. The van der Waals surface area contributed by atoms with E-state index < -0.39 is 11.7 Å². The number of nitrogens with zero attached hydrogens (tertiary/aromatic N) is 4. The lowest BCUT2D eigenvalue weighted by Crippen LogP contribution is -2.52. The molecule has 2 aliphatic rings.